The fourth-order valence-corrected chi connectivity index (χ4v) is 1.55. The molecule has 5 heteroatoms. The third kappa shape index (κ3) is 4.51. The summed E-state index contributed by atoms with van der Waals surface area (Å²) in [6, 6.07) is 7.66. The van der Waals surface area contributed by atoms with Gasteiger partial charge in [-0.2, -0.15) is 0 Å². The molecule has 0 aliphatic rings. The number of amides is 1. The molecule has 0 aliphatic heterocycles. The second-order valence-corrected chi connectivity index (χ2v) is 4.23. The second kappa shape index (κ2) is 7.65. The van der Waals surface area contributed by atoms with Crippen LogP contribution < -0.4 is 10.6 Å². The van der Waals surface area contributed by atoms with Crippen LogP contribution in [0.4, 0.5) is 0 Å². The van der Waals surface area contributed by atoms with E-state index < -0.39 is 0 Å². The summed E-state index contributed by atoms with van der Waals surface area (Å²) in [7, 11) is 1.87. The number of likely N-dealkylation sites (N-methyl/N-ethyl adjacent to an activating group) is 1. The van der Waals surface area contributed by atoms with Gasteiger partial charge in [0, 0.05) is 17.1 Å². The molecule has 0 saturated carbocycles. The number of halogens is 2. The van der Waals surface area contributed by atoms with Crippen molar-refractivity contribution in [2.75, 3.05) is 13.6 Å². The van der Waals surface area contributed by atoms with E-state index in [1.807, 2.05) is 32.2 Å². The first kappa shape index (κ1) is 15.4. The molecule has 1 aromatic rings. The van der Waals surface area contributed by atoms with E-state index in [0.29, 0.717) is 12.1 Å². The number of hydrogen-bond acceptors (Lipinski definition) is 2. The summed E-state index contributed by atoms with van der Waals surface area (Å²) in [5.41, 5.74) is 0.667. The Hall–Kier alpha value is -0.580. The lowest BCUT2D eigenvalue weighted by Crippen LogP contribution is -2.37. The first-order chi connectivity index (χ1) is 7.15. The van der Waals surface area contributed by atoms with Crippen LogP contribution in [0.25, 0.3) is 0 Å². The van der Waals surface area contributed by atoms with Crippen molar-refractivity contribution in [1.29, 1.82) is 0 Å². The number of rotatable bonds is 4. The van der Waals surface area contributed by atoms with Crippen LogP contribution >= 0.6 is 28.3 Å². The van der Waals surface area contributed by atoms with Gasteiger partial charge in [0.15, 0.2) is 0 Å². The molecule has 1 unspecified atom stereocenters. The van der Waals surface area contributed by atoms with Crippen molar-refractivity contribution in [2.24, 2.45) is 0 Å². The predicted molar refractivity (Wildman–Crippen MR) is 72.2 cm³/mol. The minimum absolute atomic E-state index is 0. The minimum Gasteiger partial charge on any atom is -0.350 e. The lowest BCUT2D eigenvalue weighted by molar-refractivity contribution is 0.0950. The topological polar surface area (TPSA) is 41.1 Å². The standard InChI is InChI=1S/C11H15BrN2O.ClH/c1-8(13-2)7-14-11(15)9-5-3-4-6-10(9)12;/h3-6,8,13H,7H2,1-2H3,(H,14,15);1H. The number of benzene rings is 1. The summed E-state index contributed by atoms with van der Waals surface area (Å²) >= 11 is 3.34. The van der Waals surface area contributed by atoms with Gasteiger partial charge in [0.05, 0.1) is 5.56 Å². The minimum atomic E-state index is -0.0513. The average molecular weight is 308 g/mol. The third-order valence-corrected chi connectivity index (χ3v) is 2.87. The first-order valence-electron chi connectivity index (χ1n) is 4.85. The number of nitrogens with one attached hydrogen (secondary N) is 2. The Kier molecular flexibility index (Phi) is 7.38. The van der Waals surface area contributed by atoms with Crippen molar-refractivity contribution in [3.63, 3.8) is 0 Å². The van der Waals surface area contributed by atoms with Gasteiger partial charge in [0.1, 0.15) is 0 Å². The van der Waals surface area contributed by atoms with Gasteiger partial charge in [-0.1, -0.05) is 12.1 Å². The highest BCUT2D eigenvalue weighted by Crippen LogP contribution is 2.15. The fourth-order valence-electron chi connectivity index (χ4n) is 1.09. The molecule has 0 fully saturated rings. The summed E-state index contributed by atoms with van der Waals surface area (Å²) in [5.74, 6) is -0.0513. The van der Waals surface area contributed by atoms with Crippen LogP contribution in [0.1, 0.15) is 17.3 Å². The Labute approximate surface area is 111 Å². The maximum Gasteiger partial charge on any atom is 0.252 e. The molecule has 0 heterocycles. The van der Waals surface area contributed by atoms with Crippen molar-refractivity contribution in [2.45, 2.75) is 13.0 Å². The summed E-state index contributed by atoms with van der Waals surface area (Å²) in [4.78, 5) is 11.7. The number of carbonyl (C=O) groups is 1. The molecule has 0 aliphatic carbocycles. The number of carbonyl (C=O) groups excluding carboxylic acids is 1. The van der Waals surface area contributed by atoms with Crippen molar-refractivity contribution < 1.29 is 4.79 Å². The van der Waals surface area contributed by atoms with Gasteiger partial charge in [0.2, 0.25) is 0 Å². The monoisotopic (exact) mass is 306 g/mol. The molecule has 1 amide bonds. The van der Waals surface area contributed by atoms with Gasteiger partial charge in [-0.3, -0.25) is 4.79 Å². The van der Waals surface area contributed by atoms with Crippen LogP contribution in [0.3, 0.4) is 0 Å². The van der Waals surface area contributed by atoms with E-state index in [4.69, 9.17) is 0 Å². The molecule has 0 spiro atoms. The van der Waals surface area contributed by atoms with Crippen LogP contribution in [0.15, 0.2) is 28.7 Å². The highest BCUT2D eigenvalue weighted by atomic mass is 79.9. The Morgan fingerprint density at radius 2 is 2.06 bits per heavy atom. The van der Waals surface area contributed by atoms with Crippen LogP contribution in [-0.2, 0) is 0 Å². The molecule has 1 atom stereocenters. The molecule has 1 aromatic carbocycles. The summed E-state index contributed by atoms with van der Waals surface area (Å²) in [5, 5.41) is 5.92. The van der Waals surface area contributed by atoms with Gasteiger partial charge in [-0.05, 0) is 42.0 Å². The molecule has 0 bridgehead atoms. The van der Waals surface area contributed by atoms with Gasteiger partial charge in [0.25, 0.3) is 5.91 Å². The smallest absolute Gasteiger partial charge is 0.252 e. The third-order valence-electron chi connectivity index (χ3n) is 2.18. The Balaban J connectivity index is 0.00000225. The normalized spacial score (nSPS) is 11.4. The Morgan fingerprint density at radius 3 is 2.62 bits per heavy atom. The molecule has 0 aromatic heterocycles. The molecule has 0 saturated heterocycles. The van der Waals surface area contributed by atoms with Gasteiger partial charge >= 0.3 is 0 Å². The maximum atomic E-state index is 11.7. The average Bonchev–Trinajstić information content (AvgIpc) is 2.26. The SMILES string of the molecule is CNC(C)CNC(=O)c1ccccc1Br.Cl. The Morgan fingerprint density at radius 1 is 1.44 bits per heavy atom. The number of hydrogen-bond donors (Lipinski definition) is 2. The highest BCUT2D eigenvalue weighted by molar-refractivity contribution is 9.10. The zero-order valence-corrected chi connectivity index (χ0v) is 11.7. The lowest BCUT2D eigenvalue weighted by Gasteiger charge is -2.11. The zero-order chi connectivity index (χ0) is 11.3. The molecule has 3 nitrogen and oxygen atoms in total. The van der Waals surface area contributed by atoms with E-state index in [1.165, 1.54) is 0 Å². The Bertz CT molecular complexity index is 347. The molecular formula is C11H16BrClN2O. The van der Waals surface area contributed by atoms with E-state index in [2.05, 4.69) is 26.6 Å². The van der Waals surface area contributed by atoms with Gasteiger partial charge in [-0.25, -0.2) is 0 Å². The van der Waals surface area contributed by atoms with Crippen LogP contribution in [0.5, 0.6) is 0 Å². The largest absolute Gasteiger partial charge is 0.350 e. The fraction of sp³-hybridized carbons (Fsp3) is 0.364. The van der Waals surface area contributed by atoms with E-state index in [0.717, 1.165) is 4.47 Å². The van der Waals surface area contributed by atoms with Gasteiger partial charge < -0.3 is 10.6 Å². The zero-order valence-electron chi connectivity index (χ0n) is 9.29. The van der Waals surface area contributed by atoms with Crippen molar-refractivity contribution in [3.05, 3.63) is 34.3 Å². The summed E-state index contributed by atoms with van der Waals surface area (Å²) < 4.78 is 0.819. The quantitative estimate of drug-likeness (QED) is 0.895. The first-order valence-corrected chi connectivity index (χ1v) is 5.64. The summed E-state index contributed by atoms with van der Waals surface area (Å²) in [6.45, 7) is 2.64. The van der Waals surface area contributed by atoms with Crippen molar-refractivity contribution >= 4 is 34.2 Å². The second-order valence-electron chi connectivity index (χ2n) is 3.38. The predicted octanol–water partition coefficient (Wildman–Crippen LogP) is 2.21. The van der Waals surface area contributed by atoms with Gasteiger partial charge in [-0.15, -0.1) is 12.4 Å². The molecule has 1 rings (SSSR count). The van der Waals surface area contributed by atoms with Crippen LogP contribution in [-0.4, -0.2) is 25.5 Å². The maximum absolute atomic E-state index is 11.7. The lowest BCUT2D eigenvalue weighted by atomic mass is 10.2. The molecule has 16 heavy (non-hydrogen) atoms. The van der Waals surface area contributed by atoms with Crippen molar-refractivity contribution in [1.82, 2.24) is 10.6 Å². The van der Waals surface area contributed by atoms with E-state index in [-0.39, 0.29) is 24.4 Å². The van der Waals surface area contributed by atoms with Crippen LogP contribution in [0, 0.1) is 0 Å². The van der Waals surface area contributed by atoms with Crippen molar-refractivity contribution in [3.8, 4) is 0 Å². The molecule has 0 radical (unpaired) electrons. The van der Waals surface area contributed by atoms with E-state index in [1.54, 1.807) is 6.07 Å². The highest BCUT2D eigenvalue weighted by Gasteiger charge is 2.09. The van der Waals surface area contributed by atoms with Crippen LogP contribution in [0.2, 0.25) is 0 Å². The summed E-state index contributed by atoms with van der Waals surface area (Å²) in [6.07, 6.45) is 0. The molecule has 2 N–H and O–H groups in total. The van der Waals surface area contributed by atoms with E-state index >= 15 is 0 Å². The van der Waals surface area contributed by atoms with E-state index in [9.17, 15) is 4.79 Å². The molecule has 90 valence electrons. The molecular weight excluding hydrogens is 291 g/mol.